The maximum atomic E-state index is 12.7. The molecule has 9 heteroatoms. The van der Waals surface area contributed by atoms with Crippen LogP contribution < -0.4 is 10.9 Å². The number of halogens is 1. The van der Waals surface area contributed by atoms with Crippen LogP contribution in [0.15, 0.2) is 33.7 Å². The van der Waals surface area contributed by atoms with Gasteiger partial charge in [-0.1, -0.05) is 15.9 Å². The average molecular weight is 491 g/mol. The molecule has 3 heterocycles. The summed E-state index contributed by atoms with van der Waals surface area (Å²) in [5, 5.41) is 5.82. The monoisotopic (exact) mass is 490 g/mol. The third-order valence-electron chi connectivity index (χ3n) is 6.04. The van der Waals surface area contributed by atoms with Gasteiger partial charge in [0.05, 0.1) is 17.2 Å². The summed E-state index contributed by atoms with van der Waals surface area (Å²) in [6, 6.07) is 5.81. The minimum atomic E-state index is -3.23. The second-order valence-electron chi connectivity index (χ2n) is 8.33. The molecule has 0 amide bonds. The van der Waals surface area contributed by atoms with Crippen molar-refractivity contribution in [3.63, 3.8) is 0 Å². The van der Waals surface area contributed by atoms with Crippen molar-refractivity contribution in [1.82, 2.24) is 14.3 Å². The number of fused-ring (bicyclic) bond motifs is 3. The number of anilines is 1. The van der Waals surface area contributed by atoms with Crippen LogP contribution >= 0.6 is 15.9 Å². The van der Waals surface area contributed by atoms with Crippen molar-refractivity contribution in [2.24, 2.45) is 0 Å². The van der Waals surface area contributed by atoms with Crippen LogP contribution in [0.5, 0.6) is 0 Å². The molecule has 30 heavy (non-hydrogen) atoms. The summed E-state index contributed by atoms with van der Waals surface area (Å²) >= 11 is 3.53. The van der Waals surface area contributed by atoms with Crippen LogP contribution in [0.2, 0.25) is 0 Å². The van der Waals surface area contributed by atoms with Crippen LogP contribution in [0.4, 0.5) is 5.82 Å². The Balaban J connectivity index is 1.66. The lowest BCUT2D eigenvalue weighted by Gasteiger charge is -2.32. The fourth-order valence-electron chi connectivity index (χ4n) is 4.38. The van der Waals surface area contributed by atoms with Crippen LogP contribution in [0.3, 0.4) is 0 Å². The van der Waals surface area contributed by atoms with Crippen molar-refractivity contribution in [2.75, 3.05) is 24.7 Å². The Morgan fingerprint density at radius 3 is 2.77 bits per heavy atom. The maximum Gasteiger partial charge on any atom is 0.258 e. The molecule has 2 aliphatic rings. The van der Waals surface area contributed by atoms with Crippen LogP contribution in [0.1, 0.15) is 37.2 Å². The molecule has 2 aromatic heterocycles. The van der Waals surface area contributed by atoms with E-state index in [1.807, 2.05) is 18.2 Å². The van der Waals surface area contributed by atoms with Crippen molar-refractivity contribution in [1.29, 1.82) is 0 Å². The van der Waals surface area contributed by atoms with E-state index in [1.165, 1.54) is 10.6 Å². The van der Waals surface area contributed by atoms with Gasteiger partial charge in [0.15, 0.2) is 0 Å². The Hall–Kier alpha value is -1.97. The van der Waals surface area contributed by atoms with E-state index in [-0.39, 0.29) is 11.6 Å². The molecule has 1 aromatic carbocycles. The zero-order valence-electron chi connectivity index (χ0n) is 16.6. The third kappa shape index (κ3) is 3.63. The molecule has 0 unspecified atom stereocenters. The molecule has 3 aromatic rings. The number of nitrogens with zero attached hydrogens (tertiary/aromatic N) is 2. The molecule has 1 saturated carbocycles. The molecule has 2 fully saturated rings. The second kappa shape index (κ2) is 7.32. The van der Waals surface area contributed by atoms with E-state index in [2.05, 4.69) is 26.2 Å². The highest BCUT2D eigenvalue weighted by Crippen LogP contribution is 2.43. The second-order valence-corrected chi connectivity index (χ2v) is 11.2. The fraction of sp³-hybridized carbons (Fsp3) is 0.429. The van der Waals surface area contributed by atoms with E-state index in [1.54, 1.807) is 6.20 Å². The van der Waals surface area contributed by atoms with Crippen molar-refractivity contribution < 1.29 is 8.42 Å². The zero-order chi connectivity index (χ0) is 21.0. The molecule has 5 rings (SSSR count). The molecule has 1 saturated heterocycles. The van der Waals surface area contributed by atoms with E-state index in [0.29, 0.717) is 30.2 Å². The highest BCUT2D eigenvalue weighted by molar-refractivity contribution is 9.10. The van der Waals surface area contributed by atoms with E-state index in [9.17, 15) is 13.2 Å². The number of hydrogen-bond acceptors (Lipinski definition) is 5. The van der Waals surface area contributed by atoms with E-state index >= 15 is 0 Å². The molecule has 2 N–H and O–H groups in total. The molecule has 1 aliphatic carbocycles. The predicted molar refractivity (Wildman–Crippen MR) is 123 cm³/mol. The Labute approximate surface area is 183 Å². The summed E-state index contributed by atoms with van der Waals surface area (Å²) in [4.78, 5) is 20.6. The number of hydrogen-bond donors (Lipinski definition) is 2. The van der Waals surface area contributed by atoms with E-state index < -0.39 is 10.0 Å². The standard InChI is InChI=1S/C21H23BrN4O3S/c1-30(28,29)26-8-2-3-14(11-26)24-20-15-7-6-13(22)9-16(15)18-19(25-20)17(12-4-5-12)10-23-21(18)27/h6-7,9-10,12,14H,2-5,8,11H2,1H3,(H,23,27)(H,24,25)/t14-/m0/s1. The lowest BCUT2D eigenvalue weighted by molar-refractivity contribution is 0.329. The SMILES string of the molecule is CS(=O)(=O)N1CCC[C@H](Nc2nc3c(C4CC4)c[nH]c(=O)c3c3cc(Br)ccc23)C1. The predicted octanol–water partition coefficient (Wildman–Crippen LogP) is 3.55. The number of nitrogens with one attached hydrogen (secondary N) is 2. The summed E-state index contributed by atoms with van der Waals surface area (Å²) in [5.41, 5.74) is 1.68. The number of rotatable bonds is 4. The topological polar surface area (TPSA) is 95.2 Å². The summed E-state index contributed by atoms with van der Waals surface area (Å²) < 4.78 is 26.4. The number of H-pyrrole nitrogens is 1. The van der Waals surface area contributed by atoms with Crippen molar-refractivity contribution >= 4 is 53.4 Å². The van der Waals surface area contributed by atoms with Gasteiger partial charge in [-0.3, -0.25) is 4.79 Å². The van der Waals surface area contributed by atoms with Gasteiger partial charge in [-0.25, -0.2) is 17.7 Å². The fourth-order valence-corrected chi connectivity index (χ4v) is 5.65. The summed E-state index contributed by atoms with van der Waals surface area (Å²) in [7, 11) is -3.23. The Morgan fingerprint density at radius 2 is 2.03 bits per heavy atom. The zero-order valence-corrected chi connectivity index (χ0v) is 19.0. The van der Waals surface area contributed by atoms with Crippen LogP contribution in [0.25, 0.3) is 21.7 Å². The summed E-state index contributed by atoms with van der Waals surface area (Å²) in [6.45, 7) is 0.971. The van der Waals surface area contributed by atoms with Gasteiger partial charge in [0.25, 0.3) is 5.56 Å². The molecular weight excluding hydrogens is 468 g/mol. The summed E-state index contributed by atoms with van der Waals surface area (Å²) in [5.74, 6) is 1.14. The van der Waals surface area contributed by atoms with Crippen LogP contribution in [0, 0.1) is 0 Å². The van der Waals surface area contributed by atoms with Crippen LogP contribution in [-0.2, 0) is 10.0 Å². The lowest BCUT2D eigenvalue weighted by Crippen LogP contribution is -2.44. The van der Waals surface area contributed by atoms with E-state index in [4.69, 9.17) is 4.98 Å². The van der Waals surface area contributed by atoms with Gasteiger partial charge in [-0.15, -0.1) is 0 Å². The molecule has 158 valence electrons. The quantitative estimate of drug-likeness (QED) is 0.545. The molecular formula is C21H23BrN4O3S. The number of benzene rings is 1. The smallest absolute Gasteiger partial charge is 0.258 e. The summed E-state index contributed by atoms with van der Waals surface area (Å²) in [6.07, 6.45) is 6.94. The van der Waals surface area contributed by atoms with Crippen LogP contribution in [-0.4, -0.2) is 48.1 Å². The van der Waals surface area contributed by atoms with Crippen molar-refractivity contribution in [2.45, 2.75) is 37.6 Å². The Kier molecular flexibility index (Phi) is 4.87. The number of pyridine rings is 2. The molecule has 0 bridgehead atoms. The molecule has 1 atom stereocenters. The Morgan fingerprint density at radius 1 is 1.23 bits per heavy atom. The van der Waals surface area contributed by atoms with Gasteiger partial charge in [0.1, 0.15) is 5.82 Å². The number of aromatic nitrogens is 2. The maximum absolute atomic E-state index is 12.7. The largest absolute Gasteiger partial charge is 0.365 e. The molecule has 7 nitrogen and oxygen atoms in total. The first-order valence-electron chi connectivity index (χ1n) is 10.2. The van der Waals surface area contributed by atoms with Gasteiger partial charge in [-0.05, 0) is 55.4 Å². The first kappa shape index (κ1) is 20.0. The normalized spacial score (nSPS) is 20.7. The average Bonchev–Trinajstić information content (AvgIpc) is 3.52. The van der Waals surface area contributed by atoms with Gasteiger partial charge >= 0.3 is 0 Å². The molecule has 0 spiro atoms. The highest BCUT2D eigenvalue weighted by atomic mass is 79.9. The Bertz CT molecular complexity index is 1320. The minimum absolute atomic E-state index is 0.0309. The first-order valence-corrected chi connectivity index (χ1v) is 12.8. The van der Waals surface area contributed by atoms with Gasteiger partial charge in [-0.2, -0.15) is 0 Å². The van der Waals surface area contributed by atoms with Gasteiger partial charge < -0.3 is 10.3 Å². The van der Waals surface area contributed by atoms with Crippen molar-refractivity contribution in [3.05, 3.63) is 44.8 Å². The molecule has 1 aliphatic heterocycles. The van der Waals surface area contributed by atoms with Gasteiger partial charge in [0, 0.05) is 40.6 Å². The first-order chi connectivity index (χ1) is 14.3. The highest BCUT2D eigenvalue weighted by Gasteiger charge is 2.29. The third-order valence-corrected chi connectivity index (χ3v) is 7.80. The van der Waals surface area contributed by atoms with Crippen molar-refractivity contribution in [3.8, 4) is 0 Å². The number of aromatic amines is 1. The number of sulfonamides is 1. The molecule has 0 radical (unpaired) electrons. The van der Waals surface area contributed by atoms with Gasteiger partial charge in [0.2, 0.25) is 10.0 Å². The number of piperidine rings is 1. The van der Waals surface area contributed by atoms with E-state index in [0.717, 1.165) is 52.0 Å². The lowest BCUT2D eigenvalue weighted by atomic mass is 10.0. The minimum Gasteiger partial charge on any atom is -0.365 e.